The van der Waals surface area contributed by atoms with E-state index in [9.17, 15) is 0 Å². The summed E-state index contributed by atoms with van der Waals surface area (Å²) >= 11 is 0. The van der Waals surface area contributed by atoms with Crippen LogP contribution in [0.25, 0.3) is 0 Å². The maximum absolute atomic E-state index is 2.34. The molecule has 0 unspecified atom stereocenters. The molecule has 1 aliphatic rings. The van der Waals surface area contributed by atoms with Crippen LogP contribution in [0.15, 0.2) is 0 Å². The third-order valence-electron chi connectivity index (χ3n) is 1.64. The van der Waals surface area contributed by atoms with Gasteiger partial charge in [-0.2, -0.15) is 0 Å². The fraction of sp³-hybridized carbons (Fsp3) is 1.00. The third-order valence-corrected chi connectivity index (χ3v) is 1.64. The molecule has 1 saturated carbocycles. The molecule has 11 heavy (non-hydrogen) atoms. The SMILES string of the molecule is C.C.C.CC.CC1CCCC1. The van der Waals surface area contributed by atoms with Gasteiger partial charge < -0.3 is 0 Å². The first kappa shape index (κ1) is 22.4. The van der Waals surface area contributed by atoms with Crippen LogP contribution in [-0.4, -0.2) is 0 Å². The van der Waals surface area contributed by atoms with E-state index in [-0.39, 0.29) is 22.3 Å². The highest BCUT2D eigenvalue weighted by molar-refractivity contribution is 4.60. The molecule has 1 rings (SSSR count). The summed E-state index contributed by atoms with van der Waals surface area (Å²) in [6.07, 6.45) is 5.95. The molecule has 0 heteroatoms. The molecule has 0 aromatic heterocycles. The van der Waals surface area contributed by atoms with E-state index in [2.05, 4.69) is 6.92 Å². The Kier molecular flexibility index (Phi) is 33.7. The first-order valence-electron chi connectivity index (χ1n) is 3.89. The van der Waals surface area contributed by atoms with Crippen molar-refractivity contribution in [2.45, 2.75) is 68.7 Å². The predicted octanol–water partition coefficient (Wildman–Crippen LogP) is 5.13. The van der Waals surface area contributed by atoms with Crippen molar-refractivity contribution < 1.29 is 0 Å². The Hall–Kier alpha value is 0. The average molecular weight is 162 g/mol. The second kappa shape index (κ2) is 16.5. The van der Waals surface area contributed by atoms with Gasteiger partial charge in [-0.1, -0.05) is 68.7 Å². The molecule has 74 valence electrons. The second-order valence-electron chi connectivity index (χ2n) is 2.39. The highest BCUT2D eigenvalue weighted by Gasteiger charge is 2.07. The van der Waals surface area contributed by atoms with E-state index >= 15 is 0 Å². The van der Waals surface area contributed by atoms with Gasteiger partial charge in [0, 0.05) is 0 Å². The van der Waals surface area contributed by atoms with E-state index in [4.69, 9.17) is 0 Å². The molecule has 0 atom stereocenters. The zero-order valence-corrected chi connectivity index (χ0v) is 6.41. The van der Waals surface area contributed by atoms with Crippen molar-refractivity contribution in [2.24, 2.45) is 5.92 Å². The molecule has 0 saturated heterocycles. The van der Waals surface area contributed by atoms with Gasteiger partial charge in [-0.3, -0.25) is 0 Å². The van der Waals surface area contributed by atoms with Crippen LogP contribution in [0, 0.1) is 5.92 Å². The number of hydrogen-bond acceptors (Lipinski definition) is 0. The van der Waals surface area contributed by atoms with Crippen LogP contribution in [0.1, 0.15) is 68.7 Å². The van der Waals surface area contributed by atoms with Gasteiger partial charge in [-0.25, -0.2) is 0 Å². The van der Waals surface area contributed by atoms with Gasteiger partial charge >= 0.3 is 0 Å². The summed E-state index contributed by atoms with van der Waals surface area (Å²) < 4.78 is 0. The van der Waals surface area contributed by atoms with Gasteiger partial charge in [-0.15, -0.1) is 0 Å². The summed E-state index contributed by atoms with van der Waals surface area (Å²) in [7, 11) is 0. The molecule has 0 N–H and O–H groups in total. The summed E-state index contributed by atoms with van der Waals surface area (Å²) in [4.78, 5) is 0. The molecule has 0 radical (unpaired) electrons. The quantitative estimate of drug-likeness (QED) is 0.463. The number of rotatable bonds is 0. The van der Waals surface area contributed by atoms with E-state index in [0.29, 0.717) is 0 Å². The zero-order valence-electron chi connectivity index (χ0n) is 6.41. The van der Waals surface area contributed by atoms with E-state index in [1.807, 2.05) is 13.8 Å². The molecule has 1 aliphatic carbocycles. The smallest absolute Gasteiger partial charge is 0.0443 e. The molecule has 0 aromatic rings. The van der Waals surface area contributed by atoms with Gasteiger partial charge in [0.05, 0.1) is 0 Å². The van der Waals surface area contributed by atoms with Gasteiger partial charge in [0.2, 0.25) is 0 Å². The fourth-order valence-electron chi connectivity index (χ4n) is 1.13. The normalized spacial score (nSPS) is 14.5. The molecule has 0 aromatic carbocycles. The Morgan fingerprint density at radius 2 is 1.09 bits per heavy atom. The minimum Gasteiger partial charge on any atom is -0.0776 e. The predicted molar refractivity (Wildman–Crippen MR) is 59.2 cm³/mol. The van der Waals surface area contributed by atoms with Crippen molar-refractivity contribution in [1.29, 1.82) is 0 Å². The Morgan fingerprint density at radius 1 is 0.818 bits per heavy atom. The van der Waals surface area contributed by atoms with Crippen LogP contribution in [0.5, 0.6) is 0 Å². The number of hydrogen-bond donors (Lipinski definition) is 0. The largest absolute Gasteiger partial charge is 0.0776 e. The Morgan fingerprint density at radius 3 is 1.18 bits per heavy atom. The highest BCUT2D eigenvalue weighted by atomic mass is 14.1. The Labute approximate surface area is 75.4 Å². The van der Waals surface area contributed by atoms with Gasteiger partial charge in [0.25, 0.3) is 0 Å². The molecule has 0 heterocycles. The molecule has 0 aliphatic heterocycles. The maximum atomic E-state index is 2.34. The van der Waals surface area contributed by atoms with Crippen LogP contribution in [-0.2, 0) is 0 Å². The third kappa shape index (κ3) is 13.1. The van der Waals surface area contributed by atoms with E-state index in [0.717, 1.165) is 5.92 Å². The Balaban J connectivity index is -0.0000000459. The molecule has 0 amide bonds. The van der Waals surface area contributed by atoms with Crippen molar-refractivity contribution in [1.82, 2.24) is 0 Å². The molecule has 0 bridgehead atoms. The Bertz CT molecular complexity index is 33.3. The molecule has 0 nitrogen and oxygen atoms in total. The van der Waals surface area contributed by atoms with Crippen molar-refractivity contribution in [2.75, 3.05) is 0 Å². The van der Waals surface area contributed by atoms with Crippen molar-refractivity contribution >= 4 is 0 Å². The molecule has 0 spiro atoms. The standard InChI is InChI=1S/C6H12.C2H6.3CH4/c1-6-4-2-3-5-6;1-2;;;/h6H,2-5H2,1H3;1-2H3;3*1H4. The van der Waals surface area contributed by atoms with Crippen LogP contribution >= 0.6 is 0 Å². The minimum atomic E-state index is 0. The minimum absolute atomic E-state index is 0. The average Bonchev–Trinajstić information content (AvgIpc) is 2.24. The summed E-state index contributed by atoms with van der Waals surface area (Å²) in [5.41, 5.74) is 0. The first-order chi connectivity index (χ1) is 3.89. The molecular weight excluding hydrogens is 132 g/mol. The monoisotopic (exact) mass is 162 g/mol. The van der Waals surface area contributed by atoms with Gasteiger partial charge in [0.1, 0.15) is 0 Å². The zero-order chi connectivity index (χ0) is 6.41. The van der Waals surface area contributed by atoms with E-state index in [1.165, 1.54) is 25.7 Å². The summed E-state index contributed by atoms with van der Waals surface area (Å²) in [6, 6.07) is 0. The lowest BCUT2D eigenvalue weighted by atomic mass is 10.2. The van der Waals surface area contributed by atoms with Crippen LogP contribution in [0.4, 0.5) is 0 Å². The lowest BCUT2D eigenvalue weighted by Gasteiger charge is -1.91. The topological polar surface area (TPSA) is 0 Å². The second-order valence-corrected chi connectivity index (χ2v) is 2.39. The lowest BCUT2D eigenvalue weighted by molar-refractivity contribution is 0.612. The van der Waals surface area contributed by atoms with Crippen molar-refractivity contribution in [3.05, 3.63) is 0 Å². The van der Waals surface area contributed by atoms with Gasteiger partial charge in [-0.05, 0) is 5.92 Å². The fourth-order valence-corrected chi connectivity index (χ4v) is 1.13. The lowest BCUT2D eigenvalue weighted by Crippen LogP contribution is -1.78. The van der Waals surface area contributed by atoms with Crippen molar-refractivity contribution in [3.8, 4) is 0 Å². The highest BCUT2D eigenvalue weighted by Crippen LogP contribution is 2.22. The summed E-state index contributed by atoms with van der Waals surface area (Å²) in [6.45, 7) is 6.34. The maximum Gasteiger partial charge on any atom is -0.0443 e. The van der Waals surface area contributed by atoms with Crippen LogP contribution < -0.4 is 0 Å². The van der Waals surface area contributed by atoms with E-state index in [1.54, 1.807) is 0 Å². The van der Waals surface area contributed by atoms with E-state index < -0.39 is 0 Å². The van der Waals surface area contributed by atoms with Crippen molar-refractivity contribution in [3.63, 3.8) is 0 Å². The summed E-state index contributed by atoms with van der Waals surface area (Å²) in [5, 5.41) is 0. The van der Waals surface area contributed by atoms with Crippen LogP contribution in [0.2, 0.25) is 0 Å². The van der Waals surface area contributed by atoms with Crippen LogP contribution in [0.3, 0.4) is 0 Å². The summed E-state index contributed by atoms with van der Waals surface area (Å²) in [5.74, 6) is 1.05. The molecule has 1 fully saturated rings. The molecular formula is C11H30. The van der Waals surface area contributed by atoms with Gasteiger partial charge in [0.15, 0.2) is 0 Å². The first-order valence-corrected chi connectivity index (χ1v) is 3.89.